The minimum absolute atomic E-state index is 0.221. The van der Waals surface area contributed by atoms with Crippen LogP contribution in [0.1, 0.15) is 69.4 Å². The average Bonchev–Trinajstić information content (AvgIpc) is 2.86. The smallest absolute Gasteiger partial charge is 0.166 e. The SMILES string of the molecule is CC=CCCC1CCC(c2ccc(-c3ccc(-c4ccc(CC)c(F)c4F)cc3)c(F)c2)CC1. The molecular weight excluding hydrogens is 429 g/mol. The fourth-order valence-electron chi connectivity index (χ4n) is 5.22. The summed E-state index contributed by atoms with van der Waals surface area (Å²) in [5.41, 5.74) is 3.50. The molecule has 1 aliphatic carbocycles. The molecule has 1 saturated carbocycles. The van der Waals surface area contributed by atoms with E-state index in [2.05, 4.69) is 25.1 Å². The highest BCUT2D eigenvalue weighted by Gasteiger charge is 2.23. The van der Waals surface area contributed by atoms with E-state index in [1.165, 1.54) is 19.3 Å². The lowest BCUT2D eigenvalue weighted by Crippen LogP contribution is -2.13. The fourth-order valence-corrected chi connectivity index (χ4v) is 5.22. The number of halogens is 3. The highest BCUT2D eigenvalue weighted by atomic mass is 19.2. The van der Waals surface area contributed by atoms with E-state index >= 15 is 4.39 Å². The molecule has 0 aromatic heterocycles. The van der Waals surface area contributed by atoms with Crippen LogP contribution in [0.25, 0.3) is 22.3 Å². The van der Waals surface area contributed by atoms with Gasteiger partial charge in [0.15, 0.2) is 11.6 Å². The molecule has 0 unspecified atom stereocenters. The van der Waals surface area contributed by atoms with E-state index in [1.54, 1.807) is 49.4 Å². The molecule has 0 N–H and O–H groups in total. The van der Waals surface area contributed by atoms with Crippen molar-refractivity contribution in [2.75, 3.05) is 0 Å². The third kappa shape index (κ3) is 5.29. The van der Waals surface area contributed by atoms with Gasteiger partial charge in [-0.2, -0.15) is 0 Å². The molecule has 178 valence electrons. The van der Waals surface area contributed by atoms with Gasteiger partial charge in [0.25, 0.3) is 0 Å². The summed E-state index contributed by atoms with van der Waals surface area (Å²) in [6.45, 7) is 3.86. The summed E-state index contributed by atoms with van der Waals surface area (Å²) in [4.78, 5) is 0. The van der Waals surface area contributed by atoms with Crippen LogP contribution in [0.5, 0.6) is 0 Å². The summed E-state index contributed by atoms with van der Waals surface area (Å²) in [6, 6.07) is 15.8. The average molecular weight is 463 g/mol. The first-order valence-electron chi connectivity index (χ1n) is 12.5. The van der Waals surface area contributed by atoms with Crippen LogP contribution in [0.4, 0.5) is 13.2 Å². The lowest BCUT2D eigenvalue weighted by Gasteiger charge is -2.28. The molecule has 0 amide bonds. The first-order valence-corrected chi connectivity index (χ1v) is 12.5. The van der Waals surface area contributed by atoms with E-state index in [0.29, 0.717) is 29.0 Å². The number of aryl methyl sites for hydroxylation is 1. The molecule has 1 aliphatic rings. The first kappa shape index (κ1) is 24.3. The van der Waals surface area contributed by atoms with Crippen LogP contribution >= 0.6 is 0 Å². The van der Waals surface area contributed by atoms with E-state index in [1.807, 2.05) is 6.07 Å². The van der Waals surface area contributed by atoms with E-state index in [0.717, 1.165) is 36.3 Å². The van der Waals surface area contributed by atoms with Gasteiger partial charge in [-0.25, -0.2) is 13.2 Å². The predicted octanol–water partition coefficient (Wildman–Crippen LogP) is 9.63. The third-order valence-corrected chi connectivity index (χ3v) is 7.34. The normalized spacial score (nSPS) is 18.5. The third-order valence-electron chi connectivity index (χ3n) is 7.34. The maximum Gasteiger partial charge on any atom is 0.166 e. The molecule has 0 heterocycles. The highest BCUT2D eigenvalue weighted by molar-refractivity contribution is 5.71. The Balaban J connectivity index is 1.46. The largest absolute Gasteiger partial charge is 0.206 e. The second-order valence-corrected chi connectivity index (χ2v) is 9.43. The van der Waals surface area contributed by atoms with Crippen LogP contribution in [0.2, 0.25) is 0 Å². The van der Waals surface area contributed by atoms with Crippen molar-refractivity contribution >= 4 is 0 Å². The molecule has 4 rings (SSSR count). The van der Waals surface area contributed by atoms with Crippen molar-refractivity contribution in [3.63, 3.8) is 0 Å². The van der Waals surface area contributed by atoms with Gasteiger partial charge in [0.1, 0.15) is 5.82 Å². The first-order chi connectivity index (χ1) is 16.5. The predicted molar refractivity (Wildman–Crippen MR) is 135 cm³/mol. The van der Waals surface area contributed by atoms with Crippen molar-refractivity contribution in [1.29, 1.82) is 0 Å². The molecule has 0 nitrogen and oxygen atoms in total. The van der Waals surface area contributed by atoms with Crippen molar-refractivity contribution in [2.24, 2.45) is 5.92 Å². The highest BCUT2D eigenvalue weighted by Crippen LogP contribution is 2.39. The van der Waals surface area contributed by atoms with Crippen molar-refractivity contribution in [1.82, 2.24) is 0 Å². The maximum atomic E-state index is 15.1. The van der Waals surface area contributed by atoms with Crippen LogP contribution in [0.3, 0.4) is 0 Å². The van der Waals surface area contributed by atoms with Gasteiger partial charge in [-0.3, -0.25) is 0 Å². The van der Waals surface area contributed by atoms with Crippen molar-refractivity contribution in [3.05, 3.63) is 95.3 Å². The Morgan fingerprint density at radius 2 is 1.44 bits per heavy atom. The molecule has 3 aromatic rings. The topological polar surface area (TPSA) is 0 Å². The summed E-state index contributed by atoms with van der Waals surface area (Å²) in [7, 11) is 0. The van der Waals surface area contributed by atoms with Crippen molar-refractivity contribution in [2.45, 2.75) is 64.7 Å². The number of hydrogen-bond acceptors (Lipinski definition) is 0. The minimum atomic E-state index is -0.834. The molecule has 0 bridgehead atoms. The van der Waals surface area contributed by atoms with Gasteiger partial charge in [0.05, 0.1) is 0 Å². The van der Waals surface area contributed by atoms with Gasteiger partial charge < -0.3 is 0 Å². The molecule has 0 spiro atoms. The molecule has 3 aromatic carbocycles. The zero-order valence-corrected chi connectivity index (χ0v) is 20.1. The summed E-state index contributed by atoms with van der Waals surface area (Å²) in [5, 5.41) is 0. The van der Waals surface area contributed by atoms with E-state index in [4.69, 9.17) is 0 Å². The molecule has 0 saturated heterocycles. The van der Waals surface area contributed by atoms with Gasteiger partial charge in [-0.05, 0) is 92.0 Å². The summed E-state index contributed by atoms with van der Waals surface area (Å²) >= 11 is 0. The molecule has 0 atom stereocenters. The van der Waals surface area contributed by atoms with Gasteiger partial charge in [0.2, 0.25) is 0 Å². The van der Waals surface area contributed by atoms with Crippen LogP contribution in [-0.4, -0.2) is 0 Å². The Labute approximate surface area is 201 Å². The van der Waals surface area contributed by atoms with E-state index in [-0.39, 0.29) is 11.4 Å². The lowest BCUT2D eigenvalue weighted by molar-refractivity contribution is 0.311. The number of rotatable bonds is 7. The van der Waals surface area contributed by atoms with Crippen LogP contribution < -0.4 is 0 Å². The summed E-state index contributed by atoms with van der Waals surface area (Å²) < 4.78 is 43.8. The number of hydrogen-bond donors (Lipinski definition) is 0. The summed E-state index contributed by atoms with van der Waals surface area (Å²) in [6.07, 6.45) is 11.9. The molecule has 1 fully saturated rings. The van der Waals surface area contributed by atoms with E-state index < -0.39 is 11.6 Å². The maximum absolute atomic E-state index is 15.1. The second-order valence-electron chi connectivity index (χ2n) is 9.43. The number of benzene rings is 3. The fraction of sp³-hybridized carbons (Fsp3) is 0.355. The van der Waals surface area contributed by atoms with Gasteiger partial charge in [0, 0.05) is 11.1 Å². The molecular formula is C31H33F3. The van der Waals surface area contributed by atoms with Gasteiger partial charge in [-0.1, -0.05) is 67.6 Å². The monoisotopic (exact) mass is 462 g/mol. The van der Waals surface area contributed by atoms with Crippen LogP contribution in [0.15, 0.2) is 66.7 Å². The Bertz CT molecular complexity index is 1140. The second kappa shape index (κ2) is 11.1. The summed E-state index contributed by atoms with van der Waals surface area (Å²) in [5.74, 6) is -0.652. The lowest BCUT2D eigenvalue weighted by atomic mass is 9.77. The van der Waals surface area contributed by atoms with Crippen LogP contribution in [-0.2, 0) is 6.42 Å². The zero-order chi connectivity index (χ0) is 24.1. The standard InChI is InChI=1S/C31H33F3/c1-3-5-6-7-21-8-10-23(11-9-21)26-17-18-27(29(32)20-26)24-12-14-25(15-13-24)28-19-16-22(4-2)30(33)31(28)34/h3,5,12-21,23H,4,6-11H2,1-2H3. The quantitative estimate of drug-likeness (QED) is 0.307. The molecule has 0 aliphatic heterocycles. The molecule has 3 heteroatoms. The molecule has 34 heavy (non-hydrogen) atoms. The van der Waals surface area contributed by atoms with Crippen molar-refractivity contribution in [3.8, 4) is 22.3 Å². The van der Waals surface area contributed by atoms with Crippen LogP contribution in [0, 0.1) is 23.4 Å². The zero-order valence-electron chi connectivity index (χ0n) is 20.1. The van der Waals surface area contributed by atoms with Crippen molar-refractivity contribution < 1.29 is 13.2 Å². The van der Waals surface area contributed by atoms with Gasteiger partial charge in [-0.15, -0.1) is 0 Å². The Morgan fingerprint density at radius 3 is 2.06 bits per heavy atom. The van der Waals surface area contributed by atoms with Gasteiger partial charge >= 0.3 is 0 Å². The Morgan fingerprint density at radius 1 is 0.794 bits per heavy atom. The molecule has 0 radical (unpaired) electrons. The minimum Gasteiger partial charge on any atom is -0.206 e. The number of allylic oxidation sites excluding steroid dienone is 2. The Kier molecular flexibility index (Phi) is 7.92. The Hall–Kier alpha value is -2.81. The van der Waals surface area contributed by atoms with E-state index in [9.17, 15) is 8.78 Å².